The maximum Gasteiger partial charge on any atom is 0.572 e. The van der Waals surface area contributed by atoms with Crippen LogP contribution in [-0.2, 0) is 4.74 Å². The maximum absolute atomic E-state index is 12.2. The first-order valence-corrected chi connectivity index (χ1v) is 10.9. The van der Waals surface area contributed by atoms with Gasteiger partial charge in [0.05, 0.1) is 5.76 Å². The van der Waals surface area contributed by atoms with Gasteiger partial charge in [-0.25, -0.2) is 0 Å². The summed E-state index contributed by atoms with van der Waals surface area (Å²) in [4.78, 5) is 0. The van der Waals surface area contributed by atoms with Gasteiger partial charge < -0.3 is 4.74 Å². The summed E-state index contributed by atoms with van der Waals surface area (Å²) in [6.45, 7) is 5.79. The van der Waals surface area contributed by atoms with Crippen molar-refractivity contribution >= 4 is 0 Å². The number of hydrogen-bond acceptors (Lipinski definition) is 1. The van der Waals surface area contributed by atoms with E-state index in [0.717, 1.165) is 17.8 Å². The van der Waals surface area contributed by atoms with E-state index in [0.29, 0.717) is 12.3 Å². The normalized spacial score (nSPS) is 31.0. The highest BCUT2D eigenvalue weighted by molar-refractivity contribution is 5.08. The highest BCUT2D eigenvalue weighted by atomic mass is 19.4. The van der Waals surface area contributed by atoms with Crippen molar-refractivity contribution in [3.63, 3.8) is 0 Å². The van der Waals surface area contributed by atoms with Crippen molar-refractivity contribution in [2.45, 2.75) is 97.8 Å². The van der Waals surface area contributed by atoms with Gasteiger partial charge in [-0.2, -0.15) is 0 Å². The van der Waals surface area contributed by atoms with Gasteiger partial charge in [-0.3, -0.25) is 0 Å². The largest absolute Gasteiger partial charge is 0.572 e. The van der Waals surface area contributed by atoms with Crippen LogP contribution in [0.3, 0.4) is 0 Å². The van der Waals surface area contributed by atoms with Gasteiger partial charge in [-0.05, 0) is 88.5 Å². The van der Waals surface area contributed by atoms with E-state index in [-0.39, 0.29) is 5.76 Å². The lowest BCUT2D eigenvalue weighted by Crippen LogP contribution is -2.26. The van der Waals surface area contributed by atoms with Crippen molar-refractivity contribution in [3.8, 4) is 0 Å². The molecule has 27 heavy (non-hydrogen) atoms. The molecule has 0 heterocycles. The first-order valence-electron chi connectivity index (χ1n) is 10.9. The molecular weight excluding hydrogens is 349 g/mol. The third-order valence-corrected chi connectivity index (χ3v) is 6.79. The van der Waals surface area contributed by atoms with Crippen LogP contribution < -0.4 is 0 Å². The predicted molar refractivity (Wildman–Crippen MR) is 105 cm³/mol. The summed E-state index contributed by atoms with van der Waals surface area (Å²) in [7, 11) is 0. The predicted octanol–water partition coefficient (Wildman–Crippen LogP) is 8.18. The van der Waals surface area contributed by atoms with Gasteiger partial charge in [0, 0.05) is 0 Å². The summed E-state index contributed by atoms with van der Waals surface area (Å²) < 4.78 is 40.4. The molecule has 2 fully saturated rings. The van der Waals surface area contributed by atoms with Crippen LogP contribution in [0.15, 0.2) is 23.5 Å². The Balaban J connectivity index is 1.72. The van der Waals surface area contributed by atoms with Gasteiger partial charge in [-0.1, -0.05) is 44.3 Å². The van der Waals surface area contributed by atoms with Crippen LogP contribution in [0.5, 0.6) is 0 Å². The average molecular weight is 387 g/mol. The lowest BCUT2D eigenvalue weighted by Gasteiger charge is -2.38. The minimum absolute atomic E-state index is 0.0751. The van der Waals surface area contributed by atoms with E-state index >= 15 is 0 Å². The molecule has 2 rings (SSSR count). The topological polar surface area (TPSA) is 9.23 Å². The fourth-order valence-electron chi connectivity index (χ4n) is 5.20. The fourth-order valence-corrected chi connectivity index (χ4v) is 5.20. The smallest absolute Gasteiger partial charge is 0.411 e. The highest BCUT2D eigenvalue weighted by Gasteiger charge is 2.31. The van der Waals surface area contributed by atoms with E-state index in [4.69, 9.17) is 0 Å². The molecule has 0 atom stereocenters. The highest BCUT2D eigenvalue weighted by Crippen LogP contribution is 2.43. The van der Waals surface area contributed by atoms with Crippen molar-refractivity contribution in [1.82, 2.24) is 0 Å². The number of halogens is 3. The summed E-state index contributed by atoms with van der Waals surface area (Å²) in [5.74, 6) is 3.35. The third kappa shape index (κ3) is 7.91. The number of hydrogen-bond donors (Lipinski definition) is 0. The molecule has 0 bridgehead atoms. The molecule has 1 nitrogen and oxygen atoms in total. The van der Waals surface area contributed by atoms with E-state index in [1.165, 1.54) is 82.8 Å². The van der Waals surface area contributed by atoms with Crippen LogP contribution in [0.2, 0.25) is 0 Å². The standard InChI is InChI=1S/C23H37F3O/c1-4-6-19-9-11-21(12-10-19)22-15-13-20(14-16-22)17(2)7-5-8-18(3)27-23(24,25)26/h7-8,19-22H,4-6,9-16H2,1-3H3/b17-7+,18-8+. The SMILES string of the molecule is CCCC1CCC(C2CCC(/C(C)=C/C/C=C(\C)OC(F)(F)F)CC2)CC1. The summed E-state index contributed by atoms with van der Waals surface area (Å²) in [5.41, 5.74) is 1.33. The van der Waals surface area contributed by atoms with Crippen LogP contribution in [0, 0.1) is 23.7 Å². The van der Waals surface area contributed by atoms with Crippen LogP contribution in [-0.4, -0.2) is 6.36 Å². The number of ether oxygens (including phenoxy) is 1. The molecule has 0 aromatic rings. The van der Waals surface area contributed by atoms with Crippen LogP contribution in [0.25, 0.3) is 0 Å². The van der Waals surface area contributed by atoms with Crippen molar-refractivity contribution in [2.24, 2.45) is 23.7 Å². The molecule has 0 aromatic carbocycles. The zero-order valence-electron chi connectivity index (χ0n) is 17.3. The summed E-state index contributed by atoms with van der Waals surface area (Å²) in [6, 6.07) is 0. The van der Waals surface area contributed by atoms with Crippen molar-refractivity contribution in [1.29, 1.82) is 0 Å². The monoisotopic (exact) mass is 386 g/mol. The van der Waals surface area contributed by atoms with E-state index in [9.17, 15) is 13.2 Å². The molecule has 4 heteroatoms. The van der Waals surface area contributed by atoms with E-state index in [1.54, 1.807) is 0 Å². The van der Waals surface area contributed by atoms with Crippen LogP contribution in [0.1, 0.15) is 91.4 Å². The molecule has 0 radical (unpaired) electrons. The lowest BCUT2D eigenvalue weighted by atomic mass is 9.68. The molecule has 0 spiro atoms. The van der Waals surface area contributed by atoms with Crippen LogP contribution >= 0.6 is 0 Å². The zero-order chi connectivity index (χ0) is 19.9. The van der Waals surface area contributed by atoms with Gasteiger partial charge in [0.25, 0.3) is 0 Å². The Hall–Kier alpha value is -0.930. The molecule has 2 saturated carbocycles. The Morgan fingerprint density at radius 3 is 1.96 bits per heavy atom. The Morgan fingerprint density at radius 1 is 0.889 bits per heavy atom. The zero-order valence-corrected chi connectivity index (χ0v) is 17.3. The van der Waals surface area contributed by atoms with Crippen LogP contribution in [0.4, 0.5) is 13.2 Å². The van der Waals surface area contributed by atoms with Crippen molar-refractivity contribution in [2.75, 3.05) is 0 Å². The maximum atomic E-state index is 12.2. The molecule has 0 saturated heterocycles. The van der Waals surface area contributed by atoms with Gasteiger partial charge in [0.1, 0.15) is 0 Å². The summed E-state index contributed by atoms with van der Waals surface area (Å²) >= 11 is 0. The molecule has 0 unspecified atom stereocenters. The Kier molecular flexibility index (Phi) is 8.75. The second kappa shape index (κ2) is 10.6. The molecule has 2 aliphatic carbocycles. The molecule has 0 amide bonds. The van der Waals surface area contributed by atoms with E-state index in [2.05, 4.69) is 24.7 Å². The summed E-state index contributed by atoms with van der Waals surface area (Å²) in [6.07, 6.45) is 13.1. The number of allylic oxidation sites excluding steroid dienone is 4. The molecule has 0 N–H and O–H groups in total. The Morgan fingerprint density at radius 2 is 1.44 bits per heavy atom. The minimum Gasteiger partial charge on any atom is -0.411 e. The molecule has 0 aliphatic heterocycles. The average Bonchev–Trinajstić information content (AvgIpc) is 2.61. The molecule has 156 valence electrons. The number of rotatable bonds is 7. The van der Waals surface area contributed by atoms with Gasteiger partial charge in [0.2, 0.25) is 0 Å². The molecule has 2 aliphatic rings. The van der Waals surface area contributed by atoms with Gasteiger partial charge in [-0.15, -0.1) is 13.2 Å². The minimum atomic E-state index is -4.59. The molecule has 0 aromatic heterocycles. The number of alkyl halides is 3. The lowest BCUT2D eigenvalue weighted by molar-refractivity contribution is -0.305. The first kappa shape index (κ1) is 22.4. The fraction of sp³-hybridized carbons (Fsp3) is 0.826. The van der Waals surface area contributed by atoms with Crippen molar-refractivity contribution in [3.05, 3.63) is 23.5 Å². The van der Waals surface area contributed by atoms with E-state index in [1.807, 2.05) is 0 Å². The van der Waals surface area contributed by atoms with Gasteiger partial charge in [0.15, 0.2) is 0 Å². The summed E-state index contributed by atoms with van der Waals surface area (Å²) in [5, 5.41) is 0. The second-order valence-electron chi connectivity index (χ2n) is 8.73. The third-order valence-electron chi connectivity index (χ3n) is 6.79. The quantitative estimate of drug-likeness (QED) is 0.317. The second-order valence-corrected chi connectivity index (χ2v) is 8.73. The Labute approximate surface area is 163 Å². The van der Waals surface area contributed by atoms with E-state index < -0.39 is 6.36 Å². The Bertz CT molecular complexity index is 490. The van der Waals surface area contributed by atoms with Crippen molar-refractivity contribution < 1.29 is 17.9 Å². The van der Waals surface area contributed by atoms with Gasteiger partial charge >= 0.3 is 6.36 Å². The molecular formula is C23H37F3O. The first-order chi connectivity index (χ1) is 12.8.